The largest absolute Gasteiger partial charge is 0.361 e. The molecule has 0 saturated carbocycles. The van der Waals surface area contributed by atoms with Crippen LogP contribution in [0.5, 0.6) is 0 Å². The Morgan fingerprint density at radius 3 is 2.59 bits per heavy atom. The molecule has 0 aliphatic carbocycles. The molecule has 150 valence electrons. The maximum absolute atomic E-state index is 8.04. The van der Waals surface area contributed by atoms with Gasteiger partial charge in [0, 0.05) is 35.0 Å². The second-order valence-corrected chi connectivity index (χ2v) is 11.0. The van der Waals surface area contributed by atoms with Crippen LogP contribution >= 0.6 is 10.0 Å². The topological polar surface area (TPSA) is 70.9 Å². The van der Waals surface area contributed by atoms with E-state index in [0.717, 1.165) is 34.9 Å². The highest BCUT2D eigenvalue weighted by Gasteiger charge is 2.10. The van der Waals surface area contributed by atoms with E-state index in [2.05, 4.69) is 34.7 Å². The van der Waals surface area contributed by atoms with Crippen LogP contribution in [0, 0.1) is 5.41 Å². The lowest BCUT2D eigenvalue weighted by molar-refractivity contribution is 0.169. The molecule has 0 aromatic carbocycles. The van der Waals surface area contributed by atoms with Crippen LogP contribution in [0.4, 0.5) is 5.69 Å². The van der Waals surface area contributed by atoms with Crippen molar-refractivity contribution < 1.29 is 4.74 Å². The maximum atomic E-state index is 8.04. The van der Waals surface area contributed by atoms with Gasteiger partial charge in [-0.15, -0.1) is 0 Å². The second kappa shape index (κ2) is 11.7. The number of aromatic nitrogens is 2. The van der Waals surface area contributed by atoms with Crippen LogP contribution in [-0.2, 0) is 4.74 Å². The van der Waals surface area contributed by atoms with Gasteiger partial charge in [-0.3, -0.25) is 9.97 Å². The van der Waals surface area contributed by atoms with Crippen molar-refractivity contribution in [2.45, 2.75) is 27.7 Å². The fraction of sp³-hybridized carbons (Fsp3) is 0.476. The molecule has 0 unspecified atom stereocenters. The highest BCUT2D eigenvalue weighted by atomic mass is 32.3. The molecular weight excluding hydrogens is 356 g/mol. The molecule has 2 rings (SSSR count). The van der Waals surface area contributed by atoms with Crippen LogP contribution in [0.2, 0.25) is 0 Å². The van der Waals surface area contributed by atoms with Gasteiger partial charge in [-0.05, 0) is 43.4 Å². The average molecular weight is 391 g/mol. The zero-order chi connectivity index (χ0) is 20.3. The van der Waals surface area contributed by atoms with Crippen LogP contribution in [0.3, 0.4) is 0 Å². The summed E-state index contributed by atoms with van der Waals surface area (Å²) in [5.41, 5.74) is 3.90. The molecule has 2 aromatic rings. The van der Waals surface area contributed by atoms with Gasteiger partial charge in [-0.1, -0.05) is 20.8 Å². The van der Waals surface area contributed by atoms with Crippen LogP contribution in [0.1, 0.15) is 33.3 Å². The molecule has 2 N–H and O–H groups in total. The molecule has 2 aromatic heterocycles. The van der Waals surface area contributed by atoms with Gasteiger partial charge in [-0.2, -0.15) is 0 Å². The van der Waals surface area contributed by atoms with E-state index in [1.807, 2.05) is 32.0 Å². The standard InChI is InChI=1S/C19H28N4OS.C2H6/c1-5-25(3,4)10-9-24-14-23-19-13-22-18(11-17(19)15(2)20)16-7-6-8-21-12-16;1-2/h6-8,11-13,20,23H,5,9-10,14H2,1-4H3;1-2H3. The smallest absolute Gasteiger partial charge is 0.116 e. The van der Waals surface area contributed by atoms with Gasteiger partial charge in [0.2, 0.25) is 0 Å². The molecule has 2 heterocycles. The van der Waals surface area contributed by atoms with Crippen molar-refractivity contribution in [2.24, 2.45) is 0 Å². The van der Waals surface area contributed by atoms with Gasteiger partial charge in [0.15, 0.2) is 0 Å². The summed E-state index contributed by atoms with van der Waals surface area (Å²) < 4.78 is 5.73. The summed E-state index contributed by atoms with van der Waals surface area (Å²) in [7, 11) is -0.528. The van der Waals surface area contributed by atoms with E-state index in [0.29, 0.717) is 12.4 Å². The summed E-state index contributed by atoms with van der Waals surface area (Å²) in [5.74, 6) is 2.33. The first-order chi connectivity index (χ1) is 12.9. The van der Waals surface area contributed by atoms with Gasteiger partial charge in [0.25, 0.3) is 0 Å². The molecule has 0 atom stereocenters. The lowest BCUT2D eigenvalue weighted by Crippen LogP contribution is -2.15. The monoisotopic (exact) mass is 390 g/mol. The predicted octanol–water partition coefficient (Wildman–Crippen LogP) is 5.03. The first-order valence-corrected chi connectivity index (χ1v) is 12.2. The normalized spacial score (nSPS) is 11.3. The molecule has 0 radical (unpaired) electrons. The Morgan fingerprint density at radius 2 is 2.00 bits per heavy atom. The molecule has 0 aliphatic heterocycles. The summed E-state index contributed by atoms with van der Waals surface area (Å²) in [6, 6.07) is 5.77. The number of hydrogen-bond donors (Lipinski definition) is 2. The highest BCUT2D eigenvalue weighted by Crippen LogP contribution is 2.38. The van der Waals surface area contributed by atoms with Crippen LogP contribution in [-0.4, -0.2) is 53.0 Å². The lowest BCUT2D eigenvalue weighted by atomic mass is 10.1. The molecule has 27 heavy (non-hydrogen) atoms. The lowest BCUT2D eigenvalue weighted by Gasteiger charge is -2.29. The van der Waals surface area contributed by atoms with E-state index in [1.54, 1.807) is 25.5 Å². The summed E-state index contributed by atoms with van der Waals surface area (Å²) in [5, 5.41) is 11.3. The van der Waals surface area contributed by atoms with Gasteiger partial charge in [0.05, 0.1) is 24.2 Å². The number of anilines is 1. The third-order valence-corrected chi connectivity index (χ3v) is 7.03. The van der Waals surface area contributed by atoms with Crippen molar-refractivity contribution in [1.82, 2.24) is 9.97 Å². The summed E-state index contributed by atoms with van der Waals surface area (Å²) in [6.45, 7) is 9.19. The summed E-state index contributed by atoms with van der Waals surface area (Å²) in [4.78, 5) is 8.62. The highest BCUT2D eigenvalue weighted by molar-refractivity contribution is 8.32. The molecular formula is C21H34N4OS. The van der Waals surface area contributed by atoms with Crippen LogP contribution < -0.4 is 5.32 Å². The minimum atomic E-state index is -0.528. The predicted molar refractivity (Wildman–Crippen MR) is 121 cm³/mol. The van der Waals surface area contributed by atoms with Gasteiger partial charge < -0.3 is 15.5 Å². The Balaban J connectivity index is 0.00000176. The Bertz CT molecular complexity index is 705. The van der Waals surface area contributed by atoms with E-state index in [-0.39, 0.29) is 0 Å². The van der Waals surface area contributed by atoms with Gasteiger partial charge in [0.1, 0.15) is 6.73 Å². The fourth-order valence-corrected chi connectivity index (χ4v) is 3.07. The molecule has 0 saturated heterocycles. The van der Waals surface area contributed by atoms with Crippen molar-refractivity contribution in [1.29, 1.82) is 5.41 Å². The first kappa shape index (κ1) is 23.1. The third kappa shape index (κ3) is 7.69. The van der Waals surface area contributed by atoms with Crippen molar-refractivity contribution >= 4 is 21.4 Å². The fourth-order valence-electron chi connectivity index (χ4n) is 2.21. The molecule has 5 nitrogen and oxygen atoms in total. The number of nitrogens with zero attached hydrogens (tertiary/aromatic N) is 2. The molecule has 6 heteroatoms. The third-order valence-electron chi connectivity index (χ3n) is 4.19. The molecule has 0 aliphatic rings. The van der Waals surface area contributed by atoms with Gasteiger partial charge in [-0.25, -0.2) is 10.0 Å². The van der Waals surface area contributed by atoms with E-state index >= 15 is 0 Å². The van der Waals surface area contributed by atoms with Crippen molar-refractivity contribution in [2.75, 3.05) is 42.7 Å². The van der Waals surface area contributed by atoms with Crippen molar-refractivity contribution in [3.8, 4) is 11.3 Å². The number of hydrogen-bond acceptors (Lipinski definition) is 5. The first-order valence-electron chi connectivity index (χ1n) is 9.39. The van der Waals surface area contributed by atoms with E-state index < -0.39 is 10.0 Å². The maximum Gasteiger partial charge on any atom is 0.116 e. The minimum Gasteiger partial charge on any atom is -0.361 e. The van der Waals surface area contributed by atoms with Crippen molar-refractivity contribution in [3.05, 3.63) is 42.4 Å². The Hall–Kier alpha value is -1.92. The Kier molecular flexibility index (Phi) is 10.0. The minimum absolute atomic E-state index is 0.424. The number of rotatable bonds is 9. The summed E-state index contributed by atoms with van der Waals surface area (Å²) >= 11 is 0. The average Bonchev–Trinajstić information content (AvgIpc) is 2.70. The SMILES string of the molecule is CC.CCS(C)(C)CCOCNc1cnc(-c2cccnc2)cc1C(C)=N. The number of ether oxygens (including phenoxy) is 1. The number of nitrogens with one attached hydrogen (secondary N) is 2. The van der Waals surface area contributed by atoms with Gasteiger partial charge >= 0.3 is 0 Å². The molecule has 0 bridgehead atoms. The van der Waals surface area contributed by atoms with Crippen molar-refractivity contribution in [3.63, 3.8) is 0 Å². The van der Waals surface area contributed by atoms with E-state index in [9.17, 15) is 0 Å². The summed E-state index contributed by atoms with van der Waals surface area (Å²) in [6.07, 6.45) is 9.95. The molecule has 0 spiro atoms. The van der Waals surface area contributed by atoms with E-state index in [1.165, 1.54) is 5.75 Å². The second-order valence-electron chi connectivity index (χ2n) is 6.47. The van der Waals surface area contributed by atoms with E-state index in [4.69, 9.17) is 10.1 Å². The molecule has 0 amide bonds. The van der Waals surface area contributed by atoms with Crippen LogP contribution in [0.25, 0.3) is 11.3 Å². The quantitative estimate of drug-likeness (QED) is 0.358. The zero-order valence-corrected chi connectivity index (χ0v) is 18.3. The Labute approximate surface area is 165 Å². The molecule has 0 fully saturated rings. The van der Waals surface area contributed by atoms with Crippen LogP contribution in [0.15, 0.2) is 36.8 Å². The Morgan fingerprint density at radius 1 is 1.26 bits per heavy atom. The number of pyridine rings is 2. The zero-order valence-electron chi connectivity index (χ0n) is 17.5.